The Bertz CT molecular complexity index is 930. The normalized spacial score (nSPS) is 15.3. The van der Waals surface area contributed by atoms with E-state index >= 15 is 0 Å². The minimum atomic E-state index is -0.585. The molecule has 0 radical (unpaired) electrons. The summed E-state index contributed by atoms with van der Waals surface area (Å²) in [5, 5.41) is 2.75. The molecule has 0 bridgehead atoms. The summed E-state index contributed by atoms with van der Waals surface area (Å²) in [6.07, 6.45) is 0. The zero-order valence-electron chi connectivity index (χ0n) is 17.2. The van der Waals surface area contributed by atoms with E-state index in [1.54, 1.807) is 19.1 Å². The lowest BCUT2D eigenvalue weighted by molar-refractivity contribution is -0.157. The lowest BCUT2D eigenvalue weighted by atomic mass is 10.1. The molecule has 1 fully saturated rings. The van der Waals surface area contributed by atoms with Crippen molar-refractivity contribution in [2.24, 2.45) is 5.92 Å². The second-order valence-corrected chi connectivity index (χ2v) is 7.71. The Morgan fingerprint density at radius 2 is 1.70 bits per heavy atom. The first-order valence-corrected chi connectivity index (χ1v) is 9.99. The number of halogens is 1. The molecule has 7 heteroatoms. The van der Waals surface area contributed by atoms with E-state index in [4.69, 9.17) is 0 Å². The Labute approximate surface area is 175 Å². The van der Waals surface area contributed by atoms with Crippen LogP contribution in [0.5, 0.6) is 0 Å². The molecule has 6 nitrogen and oxygen atoms in total. The first kappa shape index (κ1) is 21.5. The Balaban J connectivity index is 1.50. The first-order valence-electron chi connectivity index (χ1n) is 9.99. The molecule has 158 valence electrons. The van der Waals surface area contributed by atoms with E-state index in [-0.39, 0.29) is 24.8 Å². The predicted molar refractivity (Wildman–Crippen MR) is 111 cm³/mol. The Morgan fingerprint density at radius 1 is 1.03 bits per heavy atom. The fraction of sp³-hybridized carbons (Fsp3) is 0.348. The molecule has 0 spiro atoms. The quantitative estimate of drug-likeness (QED) is 0.711. The van der Waals surface area contributed by atoms with Crippen molar-refractivity contribution in [2.75, 3.05) is 19.6 Å². The van der Waals surface area contributed by atoms with Crippen LogP contribution in [0.15, 0.2) is 48.5 Å². The number of amides is 3. The van der Waals surface area contributed by atoms with Gasteiger partial charge in [-0.15, -0.1) is 0 Å². The molecule has 2 aromatic carbocycles. The smallest absolute Gasteiger partial charge is 0.312 e. The highest BCUT2D eigenvalue weighted by molar-refractivity contribution is 6.35. The molecule has 1 heterocycles. The third-order valence-corrected chi connectivity index (χ3v) is 5.19. The minimum absolute atomic E-state index is 0.165. The number of carbonyl (C=O) groups excluding carboxylic acids is 3. The van der Waals surface area contributed by atoms with Gasteiger partial charge in [-0.2, -0.15) is 0 Å². The van der Waals surface area contributed by atoms with Gasteiger partial charge in [0, 0.05) is 32.7 Å². The van der Waals surface area contributed by atoms with Crippen molar-refractivity contribution in [3.63, 3.8) is 0 Å². The zero-order valence-corrected chi connectivity index (χ0v) is 17.2. The number of piperazine rings is 1. The fourth-order valence-corrected chi connectivity index (χ4v) is 3.38. The number of benzene rings is 2. The number of aryl methyl sites for hydroxylation is 1. The molecule has 1 saturated heterocycles. The van der Waals surface area contributed by atoms with Crippen molar-refractivity contribution in [1.29, 1.82) is 0 Å². The van der Waals surface area contributed by atoms with Crippen LogP contribution in [-0.4, -0.2) is 47.2 Å². The molecule has 0 unspecified atom stereocenters. The molecular weight excluding hydrogens is 385 g/mol. The molecule has 0 aromatic heterocycles. The molecule has 1 aliphatic rings. The van der Waals surface area contributed by atoms with Crippen LogP contribution in [0.2, 0.25) is 0 Å². The van der Waals surface area contributed by atoms with Gasteiger partial charge in [0.05, 0.1) is 5.92 Å². The Kier molecular flexibility index (Phi) is 6.82. The van der Waals surface area contributed by atoms with Gasteiger partial charge in [-0.25, -0.2) is 4.39 Å². The fourth-order valence-electron chi connectivity index (χ4n) is 3.38. The SMILES string of the molecule is Cc1ccc(CN2CCN(C[C@H](C)C(=O)NCc3cccc(F)c3)C(=O)C2=O)cc1. The molecule has 1 atom stereocenters. The summed E-state index contributed by atoms with van der Waals surface area (Å²) in [5.74, 6) is -2.23. The van der Waals surface area contributed by atoms with Gasteiger partial charge in [0.1, 0.15) is 5.82 Å². The molecule has 0 saturated carbocycles. The van der Waals surface area contributed by atoms with Gasteiger partial charge >= 0.3 is 11.8 Å². The van der Waals surface area contributed by atoms with Gasteiger partial charge in [-0.3, -0.25) is 14.4 Å². The van der Waals surface area contributed by atoms with Crippen LogP contribution in [0.25, 0.3) is 0 Å². The van der Waals surface area contributed by atoms with Crippen molar-refractivity contribution in [3.8, 4) is 0 Å². The van der Waals surface area contributed by atoms with Gasteiger partial charge < -0.3 is 15.1 Å². The summed E-state index contributed by atoms with van der Waals surface area (Å²) in [4.78, 5) is 40.3. The average molecular weight is 411 g/mol. The second kappa shape index (κ2) is 9.52. The van der Waals surface area contributed by atoms with Crippen molar-refractivity contribution in [2.45, 2.75) is 26.9 Å². The van der Waals surface area contributed by atoms with Crippen LogP contribution in [-0.2, 0) is 27.5 Å². The van der Waals surface area contributed by atoms with E-state index in [2.05, 4.69) is 5.32 Å². The molecule has 1 N–H and O–H groups in total. The van der Waals surface area contributed by atoms with Crippen LogP contribution < -0.4 is 5.32 Å². The lowest BCUT2D eigenvalue weighted by Crippen LogP contribution is -2.55. The van der Waals surface area contributed by atoms with Crippen LogP contribution >= 0.6 is 0 Å². The van der Waals surface area contributed by atoms with Crippen molar-refractivity contribution >= 4 is 17.7 Å². The van der Waals surface area contributed by atoms with Crippen LogP contribution in [0.3, 0.4) is 0 Å². The number of carbonyl (C=O) groups is 3. The van der Waals surface area contributed by atoms with E-state index in [0.717, 1.165) is 11.1 Å². The summed E-state index contributed by atoms with van der Waals surface area (Å²) in [6, 6.07) is 13.9. The van der Waals surface area contributed by atoms with Gasteiger partial charge in [-0.1, -0.05) is 48.9 Å². The van der Waals surface area contributed by atoms with Gasteiger partial charge in [0.15, 0.2) is 0 Å². The largest absolute Gasteiger partial charge is 0.352 e. The average Bonchev–Trinajstić information content (AvgIpc) is 2.73. The Morgan fingerprint density at radius 3 is 2.40 bits per heavy atom. The third-order valence-electron chi connectivity index (χ3n) is 5.19. The van der Waals surface area contributed by atoms with Gasteiger partial charge in [-0.05, 0) is 30.2 Å². The van der Waals surface area contributed by atoms with E-state index in [1.807, 2.05) is 31.2 Å². The zero-order chi connectivity index (χ0) is 21.7. The molecule has 2 aromatic rings. The summed E-state index contributed by atoms with van der Waals surface area (Å²) in [6.45, 7) is 5.27. The van der Waals surface area contributed by atoms with E-state index in [1.165, 1.54) is 21.9 Å². The van der Waals surface area contributed by atoms with Crippen molar-refractivity contribution in [1.82, 2.24) is 15.1 Å². The third kappa shape index (κ3) is 5.43. The molecule has 3 amide bonds. The maximum absolute atomic E-state index is 13.2. The number of rotatable bonds is 7. The van der Waals surface area contributed by atoms with Gasteiger partial charge in [0.2, 0.25) is 5.91 Å². The summed E-state index contributed by atoms with van der Waals surface area (Å²) in [5.41, 5.74) is 2.77. The van der Waals surface area contributed by atoms with E-state index < -0.39 is 17.7 Å². The number of hydrogen-bond acceptors (Lipinski definition) is 3. The molecular formula is C23H26FN3O3. The Hall–Kier alpha value is -3.22. The van der Waals surface area contributed by atoms with E-state index in [0.29, 0.717) is 25.2 Å². The first-order chi connectivity index (χ1) is 14.3. The van der Waals surface area contributed by atoms with Crippen LogP contribution in [0, 0.1) is 18.7 Å². The highest BCUT2D eigenvalue weighted by Gasteiger charge is 2.33. The number of nitrogens with one attached hydrogen (secondary N) is 1. The summed E-state index contributed by atoms with van der Waals surface area (Å²) >= 11 is 0. The van der Waals surface area contributed by atoms with Crippen molar-refractivity contribution < 1.29 is 18.8 Å². The topological polar surface area (TPSA) is 69.7 Å². The minimum Gasteiger partial charge on any atom is -0.352 e. The summed E-state index contributed by atoms with van der Waals surface area (Å²) in [7, 11) is 0. The predicted octanol–water partition coefficient (Wildman–Crippen LogP) is 2.26. The number of nitrogens with zero attached hydrogens (tertiary/aromatic N) is 2. The standard InChI is InChI=1S/C23H26FN3O3/c1-16-6-8-18(9-7-16)15-27-11-10-26(22(29)23(27)30)14-17(2)21(28)25-13-19-4-3-5-20(24)12-19/h3-9,12,17H,10-11,13-15H2,1-2H3,(H,25,28)/t17-/m0/s1. The maximum Gasteiger partial charge on any atom is 0.312 e. The molecule has 1 aliphatic heterocycles. The highest BCUT2D eigenvalue weighted by atomic mass is 19.1. The molecule has 0 aliphatic carbocycles. The molecule has 3 rings (SSSR count). The maximum atomic E-state index is 13.2. The number of hydrogen-bond donors (Lipinski definition) is 1. The van der Waals surface area contributed by atoms with Crippen molar-refractivity contribution in [3.05, 3.63) is 71.0 Å². The van der Waals surface area contributed by atoms with E-state index in [9.17, 15) is 18.8 Å². The van der Waals surface area contributed by atoms with Crippen LogP contribution in [0.1, 0.15) is 23.6 Å². The highest BCUT2D eigenvalue weighted by Crippen LogP contribution is 2.13. The lowest BCUT2D eigenvalue weighted by Gasteiger charge is -2.34. The van der Waals surface area contributed by atoms with Gasteiger partial charge in [0.25, 0.3) is 0 Å². The monoisotopic (exact) mass is 411 g/mol. The van der Waals surface area contributed by atoms with Crippen LogP contribution in [0.4, 0.5) is 4.39 Å². The summed E-state index contributed by atoms with van der Waals surface area (Å²) < 4.78 is 13.2. The molecule has 30 heavy (non-hydrogen) atoms. The second-order valence-electron chi connectivity index (χ2n) is 7.71.